The Labute approximate surface area is 119 Å². The second-order valence-electron chi connectivity index (χ2n) is 3.70. The first-order valence-corrected chi connectivity index (χ1v) is 7.61. The van der Waals surface area contributed by atoms with Crippen molar-refractivity contribution in [3.05, 3.63) is 46.2 Å². The lowest BCUT2D eigenvalue weighted by molar-refractivity contribution is 0.484. The Hall–Kier alpha value is -0.990. The van der Waals surface area contributed by atoms with E-state index in [0.717, 1.165) is 9.13 Å². The minimum absolute atomic E-state index is 0.109. The zero-order valence-electron chi connectivity index (χ0n) is 9.30. The summed E-state index contributed by atoms with van der Waals surface area (Å²) in [5.41, 5.74) is 1.49. The number of hydrogen-bond donors (Lipinski definition) is 1. The fraction of sp³-hybridized carbons (Fsp3) is 0.0833. The standard InChI is InChI=1S/C12H10INO3S/c1-2-4-8-10(13)7-11(18(15,16)17)9-5-3-6-14-12(8)9/h2-3,5-7H,1,4H2,(H,15,16,17). The van der Waals surface area contributed by atoms with Crippen LogP contribution in [-0.4, -0.2) is 18.0 Å². The van der Waals surface area contributed by atoms with Crippen molar-refractivity contribution < 1.29 is 13.0 Å². The van der Waals surface area contributed by atoms with Crippen molar-refractivity contribution in [3.63, 3.8) is 0 Å². The monoisotopic (exact) mass is 375 g/mol. The maximum atomic E-state index is 11.4. The largest absolute Gasteiger partial charge is 0.295 e. The molecule has 6 heteroatoms. The van der Waals surface area contributed by atoms with Crippen LogP contribution in [0.4, 0.5) is 0 Å². The van der Waals surface area contributed by atoms with E-state index < -0.39 is 10.1 Å². The molecule has 18 heavy (non-hydrogen) atoms. The highest BCUT2D eigenvalue weighted by Crippen LogP contribution is 2.29. The average Bonchev–Trinajstić information content (AvgIpc) is 2.31. The first-order chi connectivity index (χ1) is 8.45. The number of aromatic nitrogens is 1. The molecule has 0 bridgehead atoms. The summed E-state index contributed by atoms with van der Waals surface area (Å²) in [4.78, 5) is 4.10. The lowest BCUT2D eigenvalue weighted by Gasteiger charge is -2.10. The third kappa shape index (κ3) is 2.40. The summed E-state index contributed by atoms with van der Waals surface area (Å²) in [7, 11) is -4.25. The third-order valence-corrected chi connectivity index (χ3v) is 4.39. The molecule has 0 saturated carbocycles. The summed E-state index contributed by atoms with van der Waals surface area (Å²) < 4.78 is 32.7. The molecule has 0 aliphatic rings. The van der Waals surface area contributed by atoms with Crippen LogP contribution >= 0.6 is 22.6 Å². The number of hydrogen-bond acceptors (Lipinski definition) is 3. The quantitative estimate of drug-likeness (QED) is 0.509. The van der Waals surface area contributed by atoms with E-state index in [2.05, 4.69) is 11.6 Å². The second-order valence-corrected chi connectivity index (χ2v) is 6.25. The van der Waals surface area contributed by atoms with Gasteiger partial charge < -0.3 is 0 Å². The van der Waals surface area contributed by atoms with E-state index in [1.807, 2.05) is 22.6 Å². The molecule has 4 nitrogen and oxygen atoms in total. The Morgan fingerprint density at radius 3 is 2.83 bits per heavy atom. The van der Waals surface area contributed by atoms with E-state index >= 15 is 0 Å². The van der Waals surface area contributed by atoms with Crippen LogP contribution in [0.5, 0.6) is 0 Å². The van der Waals surface area contributed by atoms with Crippen LogP contribution in [0.1, 0.15) is 5.56 Å². The van der Waals surface area contributed by atoms with E-state index in [1.54, 1.807) is 24.4 Å². The van der Waals surface area contributed by atoms with Crippen molar-refractivity contribution in [1.29, 1.82) is 0 Å². The maximum absolute atomic E-state index is 11.4. The smallest absolute Gasteiger partial charge is 0.282 e. The number of rotatable bonds is 3. The van der Waals surface area contributed by atoms with E-state index in [0.29, 0.717) is 17.3 Å². The molecule has 0 unspecified atom stereocenters. The number of halogens is 1. The van der Waals surface area contributed by atoms with Crippen LogP contribution in [0.25, 0.3) is 10.9 Å². The fourth-order valence-corrected chi connectivity index (χ4v) is 3.50. The van der Waals surface area contributed by atoms with Gasteiger partial charge in [0.1, 0.15) is 4.90 Å². The highest BCUT2D eigenvalue weighted by molar-refractivity contribution is 14.1. The third-order valence-electron chi connectivity index (χ3n) is 2.53. The molecule has 1 aromatic heterocycles. The normalized spacial score (nSPS) is 11.7. The molecule has 0 amide bonds. The molecule has 0 fully saturated rings. The Morgan fingerprint density at radius 1 is 1.50 bits per heavy atom. The Morgan fingerprint density at radius 2 is 2.22 bits per heavy atom. The predicted molar refractivity (Wildman–Crippen MR) is 78.2 cm³/mol. The van der Waals surface area contributed by atoms with E-state index in [9.17, 15) is 13.0 Å². The van der Waals surface area contributed by atoms with Gasteiger partial charge >= 0.3 is 0 Å². The Kier molecular flexibility index (Phi) is 3.69. The van der Waals surface area contributed by atoms with Crippen molar-refractivity contribution >= 4 is 43.6 Å². The maximum Gasteiger partial charge on any atom is 0.295 e. The zero-order valence-corrected chi connectivity index (χ0v) is 12.3. The molecule has 0 aliphatic heterocycles. The average molecular weight is 375 g/mol. The van der Waals surface area contributed by atoms with Crippen LogP contribution in [0.3, 0.4) is 0 Å². The molecule has 1 aromatic carbocycles. The van der Waals surface area contributed by atoms with Gasteiger partial charge in [-0.1, -0.05) is 6.08 Å². The Bertz CT molecular complexity index is 725. The van der Waals surface area contributed by atoms with Gasteiger partial charge in [-0.3, -0.25) is 9.54 Å². The number of nitrogens with zero attached hydrogens (tertiary/aromatic N) is 1. The molecular weight excluding hydrogens is 365 g/mol. The summed E-state index contributed by atoms with van der Waals surface area (Å²) in [6.45, 7) is 3.68. The van der Waals surface area contributed by atoms with Crippen LogP contribution in [0.15, 0.2) is 41.9 Å². The number of fused-ring (bicyclic) bond motifs is 1. The number of pyridine rings is 1. The van der Waals surface area contributed by atoms with Crippen LogP contribution in [0, 0.1) is 3.57 Å². The molecule has 0 atom stereocenters. The first-order valence-electron chi connectivity index (χ1n) is 5.09. The lowest BCUT2D eigenvalue weighted by Crippen LogP contribution is -2.03. The molecule has 1 heterocycles. The van der Waals surface area contributed by atoms with Gasteiger partial charge in [-0.05, 0) is 52.8 Å². The summed E-state index contributed by atoms with van der Waals surface area (Å²) >= 11 is 2.03. The molecule has 94 valence electrons. The van der Waals surface area contributed by atoms with Crippen LogP contribution < -0.4 is 0 Å². The number of allylic oxidation sites excluding steroid dienone is 1. The summed E-state index contributed by atoms with van der Waals surface area (Å²) in [6.07, 6.45) is 3.93. The first kappa shape index (κ1) is 13.4. The SMILES string of the molecule is C=CCc1c(I)cc(S(=O)(=O)O)c2cccnc12. The highest BCUT2D eigenvalue weighted by Gasteiger charge is 2.18. The highest BCUT2D eigenvalue weighted by atomic mass is 127. The van der Waals surface area contributed by atoms with Gasteiger partial charge in [-0.15, -0.1) is 6.58 Å². The molecule has 0 spiro atoms. The van der Waals surface area contributed by atoms with Gasteiger partial charge in [0.2, 0.25) is 0 Å². The summed E-state index contributed by atoms with van der Waals surface area (Å²) in [5.74, 6) is 0. The van der Waals surface area contributed by atoms with Crippen molar-refractivity contribution in [3.8, 4) is 0 Å². The molecule has 0 saturated heterocycles. The van der Waals surface area contributed by atoms with Gasteiger partial charge in [0.05, 0.1) is 5.52 Å². The van der Waals surface area contributed by atoms with Crippen molar-refractivity contribution in [2.24, 2.45) is 0 Å². The van der Waals surface area contributed by atoms with Crippen molar-refractivity contribution in [2.45, 2.75) is 11.3 Å². The fourth-order valence-electron chi connectivity index (χ4n) is 1.79. The topological polar surface area (TPSA) is 67.3 Å². The summed E-state index contributed by atoms with van der Waals surface area (Å²) in [5, 5.41) is 0.428. The van der Waals surface area contributed by atoms with Crippen LogP contribution in [-0.2, 0) is 16.5 Å². The van der Waals surface area contributed by atoms with E-state index in [4.69, 9.17) is 0 Å². The minimum Gasteiger partial charge on any atom is -0.282 e. The molecule has 1 N–H and O–H groups in total. The Balaban J connectivity index is 2.94. The molecule has 0 radical (unpaired) electrons. The zero-order chi connectivity index (χ0) is 13.3. The van der Waals surface area contributed by atoms with Gasteiger partial charge in [-0.2, -0.15) is 8.42 Å². The number of benzene rings is 1. The van der Waals surface area contributed by atoms with Crippen molar-refractivity contribution in [1.82, 2.24) is 4.98 Å². The van der Waals surface area contributed by atoms with Crippen LogP contribution in [0.2, 0.25) is 0 Å². The van der Waals surface area contributed by atoms with Gasteiger partial charge in [0, 0.05) is 15.2 Å². The van der Waals surface area contributed by atoms with E-state index in [1.165, 1.54) is 6.07 Å². The van der Waals surface area contributed by atoms with Gasteiger partial charge in [-0.25, -0.2) is 0 Å². The van der Waals surface area contributed by atoms with Gasteiger partial charge in [0.15, 0.2) is 0 Å². The summed E-state index contributed by atoms with van der Waals surface area (Å²) in [6, 6.07) is 4.73. The minimum atomic E-state index is -4.25. The van der Waals surface area contributed by atoms with Gasteiger partial charge in [0.25, 0.3) is 10.1 Å². The second kappa shape index (κ2) is 4.94. The predicted octanol–water partition coefficient (Wildman–Crippen LogP) is 2.81. The van der Waals surface area contributed by atoms with E-state index in [-0.39, 0.29) is 4.90 Å². The lowest BCUT2D eigenvalue weighted by atomic mass is 10.1. The molecule has 2 aromatic rings. The molecular formula is C12H10INO3S. The molecule has 2 rings (SSSR count). The van der Waals surface area contributed by atoms with Crippen molar-refractivity contribution in [2.75, 3.05) is 0 Å². The molecule has 0 aliphatic carbocycles.